The van der Waals surface area contributed by atoms with Crippen molar-refractivity contribution in [2.75, 3.05) is 58.0 Å². The van der Waals surface area contributed by atoms with Crippen molar-refractivity contribution in [3.05, 3.63) is 42.0 Å². The number of ether oxygens (including phenoxy) is 3. The molecule has 1 aromatic heterocycles. The second-order valence-electron chi connectivity index (χ2n) is 9.97. The summed E-state index contributed by atoms with van der Waals surface area (Å²) in [6.07, 6.45) is 8.07. The van der Waals surface area contributed by atoms with Crippen LogP contribution in [-0.4, -0.2) is 73.9 Å². The van der Waals surface area contributed by atoms with Crippen LogP contribution in [-0.2, 0) is 16.0 Å². The fraction of sp³-hybridized carbons (Fsp3) is 0.593. The SMILES string of the molecule is COc1cnc(N2CCC(C3CC3CCOc3ccc(CC(=O)N4CCOCC4)c(F)c3)CC2)nc1. The van der Waals surface area contributed by atoms with E-state index in [2.05, 4.69) is 14.9 Å². The first-order valence-corrected chi connectivity index (χ1v) is 13.0. The third kappa shape index (κ3) is 6.06. The van der Waals surface area contributed by atoms with Crippen LogP contribution < -0.4 is 14.4 Å². The lowest BCUT2D eigenvalue weighted by atomic mass is 9.90. The molecule has 1 aliphatic carbocycles. The molecular formula is C27H35FN4O4. The van der Waals surface area contributed by atoms with Gasteiger partial charge in [0.25, 0.3) is 0 Å². The largest absolute Gasteiger partial charge is 0.494 e. The molecule has 36 heavy (non-hydrogen) atoms. The molecule has 3 fully saturated rings. The van der Waals surface area contributed by atoms with E-state index in [0.29, 0.717) is 55.9 Å². The molecule has 0 spiro atoms. The Hall–Kier alpha value is -2.94. The number of nitrogens with zero attached hydrogens (tertiary/aromatic N) is 4. The number of piperidine rings is 1. The number of carbonyl (C=O) groups excluding carboxylic acids is 1. The number of amides is 1. The van der Waals surface area contributed by atoms with Gasteiger partial charge < -0.3 is 24.0 Å². The van der Waals surface area contributed by atoms with Gasteiger partial charge in [0.2, 0.25) is 11.9 Å². The Morgan fingerprint density at radius 2 is 1.86 bits per heavy atom. The van der Waals surface area contributed by atoms with Gasteiger partial charge in [0, 0.05) is 32.2 Å². The molecule has 2 atom stereocenters. The number of anilines is 1. The summed E-state index contributed by atoms with van der Waals surface area (Å²) in [5.41, 5.74) is 0.410. The van der Waals surface area contributed by atoms with Gasteiger partial charge in [0.1, 0.15) is 11.6 Å². The Labute approximate surface area is 211 Å². The highest BCUT2D eigenvalue weighted by Crippen LogP contribution is 2.49. The molecule has 3 heterocycles. The first-order chi connectivity index (χ1) is 17.6. The smallest absolute Gasteiger partial charge is 0.227 e. The highest BCUT2D eigenvalue weighted by molar-refractivity contribution is 5.79. The van der Waals surface area contributed by atoms with Crippen molar-refractivity contribution in [2.24, 2.45) is 17.8 Å². The number of hydrogen-bond donors (Lipinski definition) is 0. The summed E-state index contributed by atoms with van der Waals surface area (Å²) < 4.78 is 30.8. The zero-order valence-electron chi connectivity index (χ0n) is 20.9. The van der Waals surface area contributed by atoms with Crippen molar-refractivity contribution in [1.82, 2.24) is 14.9 Å². The van der Waals surface area contributed by atoms with E-state index in [4.69, 9.17) is 14.2 Å². The molecule has 1 aromatic carbocycles. The van der Waals surface area contributed by atoms with Crippen molar-refractivity contribution >= 4 is 11.9 Å². The van der Waals surface area contributed by atoms with Gasteiger partial charge in [-0.15, -0.1) is 0 Å². The van der Waals surface area contributed by atoms with Crippen LogP contribution >= 0.6 is 0 Å². The minimum Gasteiger partial charge on any atom is -0.494 e. The van der Waals surface area contributed by atoms with Gasteiger partial charge in [-0.05, 0) is 55.1 Å². The van der Waals surface area contributed by atoms with Gasteiger partial charge in [0.15, 0.2) is 5.75 Å². The highest BCUT2D eigenvalue weighted by atomic mass is 19.1. The van der Waals surface area contributed by atoms with Crippen LogP contribution in [0, 0.1) is 23.6 Å². The number of benzene rings is 1. The van der Waals surface area contributed by atoms with E-state index in [1.165, 1.54) is 12.5 Å². The molecule has 2 unspecified atom stereocenters. The van der Waals surface area contributed by atoms with Crippen molar-refractivity contribution < 1.29 is 23.4 Å². The molecule has 1 amide bonds. The summed E-state index contributed by atoms with van der Waals surface area (Å²) in [6.45, 7) is 4.78. The molecule has 2 saturated heterocycles. The van der Waals surface area contributed by atoms with E-state index in [0.717, 1.165) is 50.1 Å². The molecule has 1 saturated carbocycles. The van der Waals surface area contributed by atoms with E-state index in [1.54, 1.807) is 36.5 Å². The molecule has 0 radical (unpaired) electrons. The highest BCUT2D eigenvalue weighted by Gasteiger charge is 2.43. The van der Waals surface area contributed by atoms with Crippen molar-refractivity contribution in [3.8, 4) is 11.5 Å². The van der Waals surface area contributed by atoms with Crippen LogP contribution in [0.2, 0.25) is 0 Å². The molecular weight excluding hydrogens is 463 g/mol. The quantitative estimate of drug-likeness (QED) is 0.525. The molecule has 3 aliphatic rings. The molecule has 194 valence electrons. The van der Waals surface area contributed by atoms with E-state index < -0.39 is 0 Å². The molecule has 0 bridgehead atoms. The average molecular weight is 499 g/mol. The van der Waals surface area contributed by atoms with Gasteiger partial charge in [-0.25, -0.2) is 14.4 Å². The fourth-order valence-electron chi connectivity index (χ4n) is 5.46. The fourth-order valence-corrected chi connectivity index (χ4v) is 5.46. The Morgan fingerprint density at radius 1 is 1.11 bits per heavy atom. The number of methoxy groups -OCH3 is 1. The maximum absolute atomic E-state index is 14.6. The van der Waals surface area contributed by atoms with Gasteiger partial charge in [-0.1, -0.05) is 6.07 Å². The summed E-state index contributed by atoms with van der Waals surface area (Å²) in [6, 6.07) is 4.85. The van der Waals surface area contributed by atoms with Gasteiger partial charge >= 0.3 is 0 Å². The Bertz CT molecular complexity index is 1020. The number of halogens is 1. The van der Waals surface area contributed by atoms with Crippen LogP contribution in [0.1, 0.15) is 31.2 Å². The van der Waals surface area contributed by atoms with Crippen LogP contribution in [0.25, 0.3) is 0 Å². The van der Waals surface area contributed by atoms with E-state index >= 15 is 0 Å². The maximum atomic E-state index is 14.6. The maximum Gasteiger partial charge on any atom is 0.227 e. The summed E-state index contributed by atoms with van der Waals surface area (Å²) >= 11 is 0. The van der Waals surface area contributed by atoms with E-state index in [-0.39, 0.29) is 18.1 Å². The predicted octanol–water partition coefficient (Wildman–Crippen LogP) is 3.35. The molecule has 2 aliphatic heterocycles. The first kappa shape index (κ1) is 24.7. The summed E-state index contributed by atoms with van der Waals surface area (Å²) in [5.74, 6) is 3.73. The summed E-state index contributed by atoms with van der Waals surface area (Å²) in [4.78, 5) is 25.2. The van der Waals surface area contributed by atoms with E-state index in [1.807, 2.05) is 0 Å². The first-order valence-electron chi connectivity index (χ1n) is 13.0. The zero-order valence-corrected chi connectivity index (χ0v) is 20.9. The van der Waals surface area contributed by atoms with Crippen LogP contribution in [0.3, 0.4) is 0 Å². The number of carbonyl (C=O) groups is 1. The summed E-state index contributed by atoms with van der Waals surface area (Å²) in [5, 5.41) is 0. The number of morpholine rings is 1. The second-order valence-corrected chi connectivity index (χ2v) is 9.97. The topological polar surface area (TPSA) is 77.0 Å². The number of aromatic nitrogens is 2. The lowest BCUT2D eigenvalue weighted by Gasteiger charge is -2.32. The lowest BCUT2D eigenvalue weighted by molar-refractivity contribution is -0.134. The Kier molecular flexibility index (Phi) is 7.84. The predicted molar refractivity (Wildman–Crippen MR) is 133 cm³/mol. The second kappa shape index (κ2) is 11.4. The third-order valence-electron chi connectivity index (χ3n) is 7.74. The minimum absolute atomic E-state index is 0.0620. The normalized spacial score (nSPS) is 22.4. The van der Waals surface area contributed by atoms with Crippen LogP contribution in [0.4, 0.5) is 10.3 Å². The number of hydrogen-bond acceptors (Lipinski definition) is 7. The minimum atomic E-state index is -0.383. The van der Waals surface area contributed by atoms with Crippen molar-refractivity contribution in [3.63, 3.8) is 0 Å². The van der Waals surface area contributed by atoms with Crippen LogP contribution in [0.5, 0.6) is 11.5 Å². The molecule has 5 rings (SSSR count). The number of rotatable bonds is 9. The lowest BCUT2D eigenvalue weighted by Crippen LogP contribution is -2.41. The summed E-state index contributed by atoms with van der Waals surface area (Å²) in [7, 11) is 1.62. The molecule has 9 heteroatoms. The van der Waals surface area contributed by atoms with Gasteiger partial charge in [-0.2, -0.15) is 0 Å². The average Bonchev–Trinajstić information content (AvgIpc) is 3.70. The van der Waals surface area contributed by atoms with Gasteiger partial charge in [0.05, 0.1) is 45.7 Å². The van der Waals surface area contributed by atoms with Crippen molar-refractivity contribution in [1.29, 1.82) is 0 Å². The van der Waals surface area contributed by atoms with E-state index in [9.17, 15) is 9.18 Å². The van der Waals surface area contributed by atoms with Crippen molar-refractivity contribution in [2.45, 2.75) is 32.1 Å². The Morgan fingerprint density at radius 3 is 2.56 bits per heavy atom. The standard InChI is InChI=1S/C27H35FN4O4/c1-34-23-17-29-27(30-18-23)32-7-4-19(5-8-32)24-14-20(24)6-11-36-22-3-2-21(25(28)16-22)15-26(33)31-9-12-35-13-10-31/h2-3,16-20,24H,4-15H2,1H3. The molecule has 2 aromatic rings. The molecule has 8 nitrogen and oxygen atoms in total. The molecule has 0 N–H and O–H groups in total. The monoisotopic (exact) mass is 498 g/mol. The van der Waals surface area contributed by atoms with Gasteiger partial charge in [-0.3, -0.25) is 4.79 Å². The third-order valence-corrected chi connectivity index (χ3v) is 7.74. The van der Waals surface area contributed by atoms with Crippen LogP contribution in [0.15, 0.2) is 30.6 Å². The Balaban J connectivity index is 1.01. The zero-order chi connectivity index (χ0) is 24.9.